The summed E-state index contributed by atoms with van der Waals surface area (Å²) in [5, 5.41) is 11.0. The van der Waals surface area contributed by atoms with E-state index in [1.54, 1.807) is 19.1 Å². The van der Waals surface area contributed by atoms with Crippen molar-refractivity contribution in [1.82, 2.24) is 4.57 Å². The molecular weight excluding hydrogens is 499 g/mol. The molecule has 10 heteroatoms. The summed E-state index contributed by atoms with van der Waals surface area (Å²) < 4.78 is 45.7. The van der Waals surface area contributed by atoms with E-state index in [4.69, 9.17) is 4.74 Å². The van der Waals surface area contributed by atoms with Gasteiger partial charge in [-0.25, -0.2) is 4.79 Å². The highest BCUT2D eigenvalue weighted by atomic mass is 79.9. The van der Waals surface area contributed by atoms with Crippen LogP contribution in [0.25, 0.3) is 10.9 Å². The lowest BCUT2D eigenvalue weighted by Crippen LogP contribution is -2.34. The summed E-state index contributed by atoms with van der Waals surface area (Å²) in [6, 6.07) is 7.42. The normalized spacial score (nSPS) is 15.8. The third-order valence-corrected chi connectivity index (χ3v) is 6.83. The Morgan fingerprint density at radius 2 is 1.94 bits per heavy atom. The van der Waals surface area contributed by atoms with Crippen molar-refractivity contribution < 1.29 is 27.8 Å². The van der Waals surface area contributed by atoms with Gasteiger partial charge in [0.2, 0.25) is 0 Å². The smallest absolute Gasteiger partial charge is 0.416 e. The zero-order valence-electron chi connectivity index (χ0n) is 16.0. The molecule has 1 N–H and O–H groups in total. The van der Waals surface area contributed by atoms with E-state index >= 15 is 0 Å². The van der Waals surface area contributed by atoms with Gasteiger partial charge in [0.1, 0.15) is 5.75 Å². The Hall–Kier alpha value is -2.46. The average molecular weight is 514 g/mol. The van der Waals surface area contributed by atoms with Gasteiger partial charge in [-0.3, -0.25) is 9.36 Å². The number of aromatic nitrogens is 1. The molecule has 5 nitrogen and oxygen atoms in total. The van der Waals surface area contributed by atoms with Crippen molar-refractivity contribution in [2.45, 2.75) is 24.0 Å². The van der Waals surface area contributed by atoms with Crippen LogP contribution in [-0.2, 0) is 10.9 Å². The first-order valence-corrected chi connectivity index (χ1v) is 11.0. The Morgan fingerprint density at radius 3 is 2.55 bits per heavy atom. The summed E-state index contributed by atoms with van der Waals surface area (Å²) >= 11 is 4.78. The van der Waals surface area contributed by atoms with Crippen LogP contribution in [0.4, 0.5) is 13.2 Å². The quantitative estimate of drug-likeness (QED) is 0.477. The molecule has 3 aromatic rings. The van der Waals surface area contributed by atoms with Gasteiger partial charge < -0.3 is 9.84 Å². The van der Waals surface area contributed by atoms with Crippen LogP contribution >= 0.6 is 27.7 Å². The first-order valence-electron chi connectivity index (χ1n) is 9.21. The minimum Gasteiger partial charge on any atom is -0.506 e. The van der Waals surface area contributed by atoms with Gasteiger partial charge in [-0.05, 0) is 52.7 Å². The molecular formula is C21H15BrF3NO4S. The third-order valence-electron chi connectivity index (χ3n) is 5.05. The maximum Gasteiger partial charge on any atom is 0.416 e. The van der Waals surface area contributed by atoms with Crippen molar-refractivity contribution in [1.29, 1.82) is 0 Å². The molecule has 0 bridgehead atoms. The molecule has 0 fully saturated rings. The lowest BCUT2D eigenvalue weighted by molar-refractivity contribution is -0.137. The Bertz CT molecular complexity index is 1250. The van der Waals surface area contributed by atoms with E-state index in [1.807, 2.05) is 0 Å². The maximum atomic E-state index is 13.4. The molecule has 0 radical (unpaired) electrons. The zero-order valence-corrected chi connectivity index (χ0v) is 18.4. The van der Waals surface area contributed by atoms with Crippen molar-refractivity contribution in [2.24, 2.45) is 0 Å². The molecule has 0 aliphatic carbocycles. The van der Waals surface area contributed by atoms with Gasteiger partial charge in [-0.2, -0.15) is 13.2 Å². The third kappa shape index (κ3) is 3.61. The highest BCUT2D eigenvalue weighted by Gasteiger charge is 2.34. The molecule has 1 aliphatic rings. The van der Waals surface area contributed by atoms with E-state index in [1.165, 1.54) is 28.5 Å². The first-order chi connectivity index (χ1) is 14.6. The first kappa shape index (κ1) is 21.8. The highest BCUT2D eigenvalue weighted by Crippen LogP contribution is 2.44. The Morgan fingerprint density at radius 1 is 1.26 bits per heavy atom. The number of pyridine rings is 1. The number of esters is 1. The Labute approximate surface area is 187 Å². The zero-order chi connectivity index (χ0) is 22.5. The monoisotopic (exact) mass is 513 g/mol. The molecule has 1 aliphatic heterocycles. The standard InChI is InChI=1S/C21H15BrF3NO4S/c1-2-30-20(29)16-18(27)15-12(22)7-8-14-17(15)26(19(16)28)13(9-31-14)10-3-5-11(6-4-10)21(23,24)25/h3-8,13,27H,2,9H2,1H3. The Kier molecular flexibility index (Phi) is 5.55. The molecule has 1 aromatic heterocycles. The van der Waals surface area contributed by atoms with E-state index in [0.717, 1.165) is 12.1 Å². The number of ether oxygens (including phenoxy) is 1. The van der Waals surface area contributed by atoms with Gasteiger partial charge in [-0.1, -0.05) is 12.1 Å². The summed E-state index contributed by atoms with van der Waals surface area (Å²) in [5.74, 6) is -1.09. The fourth-order valence-corrected chi connectivity index (χ4v) is 5.33. The van der Waals surface area contributed by atoms with Crippen molar-refractivity contribution >= 4 is 44.6 Å². The van der Waals surface area contributed by atoms with Crippen molar-refractivity contribution in [3.05, 3.63) is 67.9 Å². The van der Waals surface area contributed by atoms with Crippen LogP contribution in [0.15, 0.2) is 50.6 Å². The summed E-state index contributed by atoms with van der Waals surface area (Å²) in [4.78, 5) is 26.5. The molecule has 2 heterocycles. The lowest BCUT2D eigenvalue weighted by atomic mass is 10.0. The highest BCUT2D eigenvalue weighted by molar-refractivity contribution is 9.10. The molecule has 31 heavy (non-hydrogen) atoms. The van der Waals surface area contributed by atoms with Gasteiger partial charge in [0.15, 0.2) is 5.56 Å². The van der Waals surface area contributed by atoms with Gasteiger partial charge in [-0.15, -0.1) is 11.8 Å². The summed E-state index contributed by atoms with van der Waals surface area (Å²) in [6.07, 6.45) is -4.48. The van der Waals surface area contributed by atoms with Gasteiger partial charge in [0.25, 0.3) is 5.56 Å². The second-order valence-corrected chi connectivity index (χ2v) is 8.75. The van der Waals surface area contributed by atoms with Crippen LogP contribution in [0.5, 0.6) is 5.75 Å². The Balaban J connectivity index is 2.00. The number of alkyl halides is 3. The minimum absolute atomic E-state index is 0.00907. The number of nitrogens with zero attached hydrogens (tertiary/aromatic N) is 1. The fourth-order valence-electron chi connectivity index (χ4n) is 3.64. The predicted octanol–water partition coefficient (Wildman–Crippen LogP) is 5.36. The molecule has 0 amide bonds. The number of hydrogen-bond acceptors (Lipinski definition) is 5. The lowest BCUT2D eigenvalue weighted by Gasteiger charge is -2.29. The molecule has 162 valence electrons. The summed E-state index contributed by atoms with van der Waals surface area (Å²) in [5.41, 5.74) is -1.16. The van der Waals surface area contributed by atoms with Crippen molar-refractivity contribution in [3.63, 3.8) is 0 Å². The van der Waals surface area contributed by atoms with Gasteiger partial charge >= 0.3 is 12.1 Å². The van der Waals surface area contributed by atoms with Crippen LogP contribution in [0, 0.1) is 0 Å². The number of rotatable bonds is 3. The van der Waals surface area contributed by atoms with Gasteiger partial charge in [0.05, 0.1) is 29.1 Å². The van der Waals surface area contributed by atoms with Crippen molar-refractivity contribution in [2.75, 3.05) is 12.4 Å². The molecule has 4 rings (SSSR count). The van der Waals surface area contributed by atoms with Gasteiger partial charge in [0, 0.05) is 15.1 Å². The largest absolute Gasteiger partial charge is 0.506 e. The SMILES string of the molecule is CCOC(=O)c1c(O)c2c(Br)ccc3c2n(c1=O)C(c1ccc(C(F)(F)F)cc1)CS3. The average Bonchev–Trinajstić information content (AvgIpc) is 2.72. The van der Waals surface area contributed by atoms with E-state index < -0.39 is 40.6 Å². The van der Waals surface area contributed by atoms with Crippen LogP contribution < -0.4 is 5.56 Å². The number of carbonyl (C=O) groups is 1. The van der Waals surface area contributed by atoms with E-state index in [0.29, 0.717) is 26.2 Å². The molecule has 1 unspecified atom stereocenters. The molecule has 0 spiro atoms. The summed E-state index contributed by atoms with van der Waals surface area (Å²) in [7, 11) is 0. The molecule has 0 saturated carbocycles. The number of halogens is 4. The van der Waals surface area contributed by atoms with Crippen LogP contribution in [0.2, 0.25) is 0 Å². The molecule has 0 saturated heterocycles. The van der Waals surface area contributed by atoms with Crippen LogP contribution in [0.1, 0.15) is 34.5 Å². The second kappa shape index (κ2) is 7.90. The topological polar surface area (TPSA) is 68.5 Å². The van der Waals surface area contributed by atoms with Crippen LogP contribution in [-0.4, -0.2) is 28.0 Å². The van der Waals surface area contributed by atoms with Crippen molar-refractivity contribution in [3.8, 4) is 5.75 Å². The predicted molar refractivity (Wildman–Crippen MR) is 114 cm³/mol. The van der Waals surface area contributed by atoms with E-state index in [2.05, 4.69) is 15.9 Å². The summed E-state index contributed by atoms with van der Waals surface area (Å²) in [6.45, 7) is 1.59. The minimum atomic E-state index is -4.48. The number of carbonyl (C=O) groups excluding carboxylic acids is 1. The number of benzene rings is 2. The second-order valence-electron chi connectivity index (χ2n) is 6.83. The maximum absolute atomic E-state index is 13.4. The number of hydrogen-bond donors (Lipinski definition) is 1. The molecule has 2 aromatic carbocycles. The molecule has 1 atom stereocenters. The fraction of sp³-hybridized carbons (Fsp3) is 0.238. The number of aromatic hydroxyl groups is 1. The van der Waals surface area contributed by atoms with E-state index in [-0.39, 0.29) is 12.0 Å². The van der Waals surface area contributed by atoms with Crippen LogP contribution in [0.3, 0.4) is 0 Å². The van der Waals surface area contributed by atoms with E-state index in [9.17, 15) is 27.9 Å². The number of thioether (sulfide) groups is 1.